The number of benzene rings is 2. The standard InChI is InChI=1S/C24H20F3N7O3/c1-34-18(8-9-31-34)16-10-14(24(25,26)27)4-7-19(16)37-15-5-2-13(3-6-15)23-32-17(22(29)36)11-21(33-23)30-12-20(28)35/h2-11H,12H2,1H3,(H2,28,35)(H2,29,36)(H,30,32,33). The van der Waals surface area contributed by atoms with Crippen molar-refractivity contribution in [2.24, 2.45) is 18.5 Å². The lowest BCUT2D eigenvalue weighted by molar-refractivity contribution is -0.137. The molecule has 10 nitrogen and oxygen atoms in total. The number of aryl methyl sites for hydroxylation is 1. The van der Waals surface area contributed by atoms with Crippen LogP contribution in [-0.4, -0.2) is 38.1 Å². The van der Waals surface area contributed by atoms with Crippen molar-refractivity contribution in [3.63, 3.8) is 0 Å². The Hall–Kier alpha value is -4.94. The molecule has 190 valence electrons. The highest BCUT2D eigenvalue weighted by molar-refractivity contribution is 5.92. The molecule has 0 saturated carbocycles. The van der Waals surface area contributed by atoms with E-state index in [9.17, 15) is 22.8 Å². The Morgan fingerprint density at radius 1 is 1.03 bits per heavy atom. The normalized spacial score (nSPS) is 11.2. The largest absolute Gasteiger partial charge is 0.457 e. The number of amides is 2. The van der Waals surface area contributed by atoms with E-state index in [1.807, 2.05) is 0 Å². The second-order valence-electron chi connectivity index (χ2n) is 7.82. The minimum Gasteiger partial charge on any atom is -0.457 e. The van der Waals surface area contributed by atoms with Crippen molar-refractivity contribution in [1.29, 1.82) is 0 Å². The predicted molar refractivity (Wildman–Crippen MR) is 127 cm³/mol. The molecular weight excluding hydrogens is 491 g/mol. The monoisotopic (exact) mass is 511 g/mol. The lowest BCUT2D eigenvalue weighted by Crippen LogP contribution is -2.23. The average molecular weight is 511 g/mol. The van der Waals surface area contributed by atoms with Gasteiger partial charge in [0.2, 0.25) is 5.91 Å². The Labute approximate surface area is 208 Å². The average Bonchev–Trinajstić information content (AvgIpc) is 3.28. The molecule has 0 bridgehead atoms. The van der Waals surface area contributed by atoms with E-state index in [0.29, 0.717) is 17.0 Å². The van der Waals surface area contributed by atoms with E-state index in [1.165, 1.54) is 23.0 Å². The van der Waals surface area contributed by atoms with Crippen LogP contribution in [0, 0.1) is 0 Å². The highest BCUT2D eigenvalue weighted by Gasteiger charge is 2.31. The fraction of sp³-hybridized carbons (Fsp3) is 0.125. The number of nitrogens with two attached hydrogens (primary N) is 2. The zero-order valence-corrected chi connectivity index (χ0v) is 19.3. The Kier molecular flexibility index (Phi) is 6.78. The number of hydrogen-bond acceptors (Lipinski definition) is 7. The first-order chi connectivity index (χ1) is 17.5. The molecule has 0 unspecified atom stereocenters. The van der Waals surface area contributed by atoms with Gasteiger partial charge in [-0.05, 0) is 48.5 Å². The van der Waals surface area contributed by atoms with Gasteiger partial charge in [-0.2, -0.15) is 18.3 Å². The molecule has 0 atom stereocenters. The van der Waals surface area contributed by atoms with Gasteiger partial charge in [0.05, 0.1) is 17.8 Å². The lowest BCUT2D eigenvalue weighted by Gasteiger charge is -2.15. The maximum absolute atomic E-state index is 13.3. The van der Waals surface area contributed by atoms with Crippen LogP contribution in [0.5, 0.6) is 11.5 Å². The Bertz CT molecular complexity index is 1470. The first kappa shape index (κ1) is 25.2. The number of halogens is 3. The topological polar surface area (TPSA) is 151 Å². The summed E-state index contributed by atoms with van der Waals surface area (Å²) >= 11 is 0. The van der Waals surface area contributed by atoms with Crippen LogP contribution >= 0.6 is 0 Å². The van der Waals surface area contributed by atoms with E-state index in [-0.39, 0.29) is 35.2 Å². The van der Waals surface area contributed by atoms with Gasteiger partial charge in [0, 0.05) is 30.4 Å². The number of primary amides is 2. The summed E-state index contributed by atoms with van der Waals surface area (Å²) in [6, 6.07) is 12.4. The van der Waals surface area contributed by atoms with Gasteiger partial charge in [0.15, 0.2) is 5.82 Å². The smallest absolute Gasteiger partial charge is 0.416 e. The minimum atomic E-state index is -4.53. The number of nitrogens with zero attached hydrogens (tertiary/aromatic N) is 4. The van der Waals surface area contributed by atoms with Crippen LogP contribution in [0.15, 0.2) is 60.8 Å². The third-order valence-electron chi connectivity index (χ3n) is 5.17. The van der Waals surface area contributed by atoms with E-state index in [4.69, 9.17) is 16.2 Å². The molecule has 0 spiro atoms. The lowest BCUT2D eigenvalue weighted by atomic mass is 10.1. The highest BCUT2D eigenvalue weighted by Crippen LogP contribution is 2.39. The maximum atomic E-state index is 13.3. The van der Waals surface area contributed by atoms with Crippen LogP contribution in [0.4, 0.5) is 19.0 Å². The van der Waals surface area contributed by atoms with Crippen LogP contribution in [0.25, 0.3) is 22.6 Å². The third-order valence-corrected chi connectivity index (χ3v) is 5.17. The van der Waals surface area contributed by atoms with Gasteiger partial charge in [-0.1, -0.05) is 0 Å². The molecule has 2 heterocycles. The van der Waals surface area contributed by atoms with E-state index in [2.05, 4.69) is 20.4 Å². The summed E-state index contributed by atoms with van der Waals surface area (Å²) in [6.07, 6.45) is -3.06. The quantitative estimate of drug-likeness (QED) is 0.328. The van der Waals surface area contributed by atoms with Crippen LogP contribution in [0.1, 0.15) is 16.1 Å². The maximum Gasteiger partial charge on any atom is 0.416 e. The Morgan fingerprint density at radius 2 is 1.76 bits per heavy atom. The van der Waals surface area contributed by atoms with Crippen molar-refractivity contribution >= 4 is 17.6 Å². The SMILES string of the molecule is Cn1nccc1-c1cc(C(F)(F)F)ccc1Oc1ccc(-c2nc(NCC(N)=O)cc(C(N)=O)n2)cc1. The Balaban J connectivity index is 1.65. The van der Waals surface area contributed by atoms with E-state index in [1.54, 1.807) is 37.4 Å². The molecular formula is C24H20F3N7O3. The van der Waals surface area contributed by atoms with Crippen molar-refractivity contribution in [3.8, 4) is 34.1 Å². The van der Waals surface area contributed by atoms with Crippen LogP contribution in [-0.2, 0) is 18.0 Å². The molecule has 0 fully saturated rings. The highest BCUT2D eigenvalue weighted by atomic mass is 19.4. The molecule has 37 heavy (non-hydrogen) atoms. The number of rotatable bonds is 8. The molecule has 0 radical (unpaired) electrons. The molecule has 0 aliphatic rings. The van der Waals surface area contributed by atoms with Gasteiger partial charge >= 0.3 is 6.18 Å². The summed E-state index contributed by atoms with van der Waals surface area (Å²) in [6.45, 7) is -0.215. The van der Waals surface area contributed by atoms with Crippen molar-refractivity contribution in [3.05, 3.63) is 72.1 Å². The number of hydrogen-bond donors (Lipinski definition) is 3. The van der Waals surface area contributed by atoms with Crippen LogP contribution in [0.2, 0.25) is 0 Å². The number of carbonyl (C=O) groups excluding carboxylic acids is 2. The van der Waals surface area contributed by atoms with Crippen molar-refractivity contribution in [2.75, 3.05) is 11.9 Å². The second kappa shape index (κ2) is 9.97. The summed E-state index contributed by atoms with van der Waals surface area (Å²) in [5.74, 6) is -0.602. The summed E-state index contributed by atoms with van der Waals surface area (Å²) in [5.41, 5.74) is 10.7. The molecule has 0 aliphatic heterocycles. The van der Waals surface area contributed by atoms with Gasteiger partial charge in [-0.25, -0.2) is 9.97 Å². The summed E-state index contributed by atoms with van der Waals surface area (Å²) < 4.78 is 47.4. The predicted octanol–water partition coefficient (Wildman–Crippen LogP) is 3.35. The van der Waals surface area contributed by atoms with Gasteiger partial charge in [-0.15, -0.1) is 0 Å². The second-order valence-corrected chi connectivity index (χ2v) is 7.82. The van der Waals surface area contributed by atoms with E-state index in [0.717, 1.165) is 12.1 Å². The number of alkyl halides is 3. The third kappa shape index (κ3) is 5.83. The number of carbonyl (C=O) groups is 2. The minimum absolute atomic E-state index is 0.0807. The number of anilines is 1. The molecule has 0 aliphatic carbocycles. The molecule has 2 aromatic heterocycles. The van der Waals surface area contributed by atoms with Crippen molar-refractivity contribution < 1.29 is 27.5 Å². The summed E-state index contributed by atoms with van der Waals surface area (Å²) in [4.78, 5) is 31.2. The number of nitrogens with one attached hydrogen (secondary N) is 1. The molecule has 2 aromatic carbocycles. The fourth-order valence-electron chi connectivity index (χ4n) is 3.40. The van der Waals surface area contributed by atoms with Gasteiger partial charge < -0.3 is 21.5 Å². The molecule has 2 amide bonds. The first-order valence-electron chi connectivity index (χ1n) is 10.7. The number of ether oxygens (including phenoxy) is 1. The van der Waals surface area contributed by atoms with Gasteiger partial charge in [0.25, 0.3) is 5.91 Å². The summed E-state index contributed by atoms with van der Waals surface area (Å²) in [7, 11) is 1.61. The molecule has 13 heteroatoms. The van der Waals surface area contributed by atoms with Gasteiger partial charge in [-0.3, -0.25) is 14.3 Å². The van der Waals surface area contributed by atoms with Crippen LogP contribution < -0.4 is 21.5 Å². The zero-order valence-electron chi connectivity index (χ0n) is 19.3. The van der Waals surface area contributed by atoms with Crippen molar-refractivity contribution in [2.45, 2.75) is 6.18 Å². The van der Waals surface area contributed by atoms with E-state index < -0.39 is 23.6 Å². The Morgan fingerprint density at radius 3 is 2.35 bits per heavy atom. The molecule has 4 aromatic rings. The molecule has 4 rings (SSSR count). The zero-order chi connectivity index (χ0) is 26.7. The first-order valence-corrected chi connectivity index (χ1v) is 10.7. The van der Waals surface area contributed by atoms with Crippen molar-refractivity contribution in [1.82, 2.24) is 19.7 Å². The van der Waals surface area contributed by atoms with Gasteiger partial charge in [0.1, 0.15) is 23.0 Å². The summed E-state index contributed by atoms with van der Waals surface area (Å²) in [5, 5.41) is 6.72. The van der Waals surface area contributed by atoms with Crippen LogP contribution in [0.3, 0.4) is 0 Å². The fourth-order valence-corrected chi connectivity index (χ4v) is 3.40. The molecule has 0 saturated heterocycles. The molecule has 5 N–H and O–H groups in total. The number of aromatic nitrogens is 4. The van der Waals surface area contributed by atoms with E-state index >= 15 is 0 Å².